The zero-order chi connectivity index (χ0) is 23.5. The largest absolute Gasteiger partial charge is 0.858 e. The van der Waals surface area contributed by atoms with E-state index in [1.807, 2.05) is 0 Å². The molecule has 0 spiro atoms. The number of ether oxygens (including phenoxy) is 1. The predicted molar refractivity (Wildman–Crippen MR) is 133 cm³/mol. The Balaban J connectivity index is 2.02. The van der Waals surface area contributed by atoms with Gasteiger partial charge in [-0.15, -0.1) is 0 Å². The van der Waals surface area contributed by atoms with E-state index in [1.165, 1.54) is 89.9 Å². The van der Waals surface area contributed by atoms with Crippen molar-refractivity contribution < 1.29 is 18.3 Å². The maximum atomic E-state index is 12.0. The standard InChI is InChI=1S/C26H45NO4S/c1-3-4-5-6-7-8-9-10-11-12-13-14-15-16-17-20-23-31-25-22-19-18-21-24(25)26(28)27-32(2,29)30/h18-19,21-22H,3-17,20,23H2,1-2H3,(H,27,28)/p-1. The Morgan fingerprint density at radius 2 is 1.22 bits per heavy atom. The number of rotatable bonds is 20. The minimum absolute atomic E-state index is 0.189. The van der Waals surface area contributed by atoms with Crippen LogP contribution in [0.25, 0.3) is 0 Å². The van der Waals surface area contributed by atoms with Gasteiger partial charge in [-0.1, -0.05) is 121 Å². The first-order valence-electron chi connectivity index (χ1n) is 12.6. The van der Waals surface area contributed by atoms with Crippen LogP contribution < -0.4 is 9.84 Å². The van der Waals surface area contributed by atoms with Crippen LogP contribution in [0, 0.1) is 0 Å². The van der Waals surface area contributed by atoms with E-state index in [0.29, 0.717) is 12.4 Å². The van der Waals surface area contributed by atoms with Crippen LogP contribution >= 0.6 is 0 Å². The zero-order valence-electron chi connectivity index (χ0n) is 20.3. The van der Waals surface area contributed by atoms with Crippen molar-refractivity contribution in [1.29, 1.82) is 0 Å². The highest BCUT2D eigenvalue weighted by Gasteiger charge is 2.05. The average Bonchev–Trinajstić information content (AvgIpc) is 2.75. The van der Waals surface area contributed by atoms with Gasteiger partial charge >= 0.3 is 0 Å². The Bertz CT molecular complexity index is 731. The predicted octanol–water partition coefficient (Wildman–Crippen LogP) is 6.39. The first-order valence-corrected chi connectivity index (χ1v) is 14.5. The van der Waals surface area contributed by atoms with Crippen LogP contribution in [0.3, 0.4) is 0 Å². The second kappa shape index (κ2) is 17.9. The quantitative estimate of drug-likeness (QED) is 0.127. The molecule has 0 bridgehead atoms. The molecule has 0 amide bonds. The van der Waals surface area contributed by atoms with Crippen molar-refractivity contribution in [1.82, 2.24) is 0 Å². The van der Waals surface area contributed by atoms with Crippen molar-refractivity contribution >= 4 is 15.9 Å². The second-order valence-corrected chi connectivity index (χ2v) is 10.4. The van der Waals surface area contributed by atoms with Gasteiger partial charge in [0.25, 0.3) is 0 Å². The first-order chi connectivity index (χ1) is 15.4. The Labute approximate surface area is 196 Å². The molecule has 0 aromatic heterocycles. The first kappa shape index (κ1) is 28.5. The lowest BCUT2D eigenvalue weighted by atomic mass is 10.0. The Morgan fingerprint density at radius 1 is 0.781 bits per heavy atom. The van der Waals surface area contributed by atoms with Crippen LogP contribution in [0.15, 0.2) is 28.7 Å². The highest BCUT2D eigenvalue weighted by atomic mass is 32.2. The highest BCUT2D eigenvalue weighted by Crippen LogP contribution is 2.19. The molecule has 32 heavy (non-hydrogen) atoms. The molecule has 0 aliphatic rings. The Morgan fingerprint density at radius 3 is 1.69 bits per heavy atom. The third kappa shape index (κ3) is 15.3. The summed E-state index contributed by atoms with van der Waals surface area (Å²) in [7, 11) is -3.72. The SMILES string of the molecule is CCCCCCCCCCCCCCCCCCOc1ccccc1/C([O-])=N\S(C)(=O)=O. The summed E-state index contributed by atoms with van der Waals surface area (Å²) in [4.78, 5) is 0. The van der Waals surface area contributed by atoms with Crippen LogP contribution in [0.5, 0.6) is 5.75 Å². The lowest BCUT2D eigenvalue weighted by Crippen LogP contribution is -2.21. The van der Waals surface area contributed by atoms with Gasteiger partial charge in [0.2, 0.25) is 10.0 Å². The maximum absolute atomic E-state index is 12.0. The van der Waals surface area contributed by atoms with E-state index in [9.17, 15) is 13.5 Å². The van der Waals surface area contributed by atoms with Crippen molar-refractivity contribution in [3.05, 3.63) is 29.8 Å². The molecular weight excluding hydrogens is 422 g/mol. The summed E-state index contributed by atoms with van der Waals surface area (Å²) in [6, 6.07) is 6.66. The van der Waals surface area contributed by atoms with E-state index in [2.05, 4.69) is 11.3 Å². The molecule has 0 heterocycles. The molecule has 0 fully saturated rings. The highest BCUT2D eigenvalue weighted by molar-refractivity contribution is 7.89. The summed E-state index contributed by atoms with van der Waals surface area (Å²) in [5, 5.41) is 12.0. The number of nitrogens with zero attached hydrogens (tertiary/aromatic N) is 1. The molecule has 0 saturated carbocycles. The minimum Gasteiger partial charge on any atom is -0.858 e. The molecule has 1 rings (SSSR count). The lowest BCUT2D eigenvalue weighted by Gasteiger charge is -2.15. The maximum Gasteiger partial charge on any atom is 0.249 e. The minimum atomic E-state index is -3.72. The summed E-state index contributed by atoms with van der Waals surface area (Å²) in [5.41, 5.74) is 0.189. The molecule has 0 N–H and O–H groups in total. The van der Waals surface area contributed by atoms with E-state index >= 15 is 0 Å². The Hall–Kier alpha value is -1.56. The molecule has 0 aliphatic heterocycles. The lowest BCUT2D eigenvalue weighted by molar-refractivity contribution is -0.212. The molecule has 1 aromatic carbocycles. The summed E-state index contributed by atoms with van der Waals surface area (Å²) < 4.78 is 31.4. The molecular formula is C26H44NO4S-. The van der Waals surface area contributed by atoms with E-state index in [1.54, 1.807) is 24.3 Å². The fraction of sp³-hybridized carbons (Fsp3) is 0.731. The summed E-state index contributed by atoms with van der Waals surface area (Å²) in [6.45, 7) is 2.78. The number of sulfonamides is 1. The number of hydrogen-bond acceptors (Lipinski definition) is 4. The van der Waals surface area contributed by atoms with Gasteiger partial charge in [-0.25, -0.2) is 8.42 Å². The van der Waals surface area contributed by atoms with Crippen molar-refractivity contribution in [2.45, 2.75) is 110 Å². The van der Waals surface area contributed by atoms with Crippen LogP contribution in [0.4, 0.5) is 0 Å². The van der Waals surface area contributed by atoms with Crippen LogP contribution in [0.2, 0.25) is 0 Å². The molecule has 0 atom stereocenters. The molecule has 1 aromatic rings. The molecule has 6 heteroatoms. The van der Waals surface area contributed by atoms with E-state index < -0.39 is 15.9 Å². The number of unbranched alkanes of at least 4 members (excludes halogenated alkanes) is 15. The van der Waals surface area contributed by atoms with E-state index in [-0.39, 0.29) is 5.56 Å². The van der Waals surface area contributed by atoms with Crippen LogP contribution in [-0.2, 0) is 10.0 Å². The zero-order valence-corrected chi connectivity index (χ0v) is 21.1. The summed E-state index contributed by atoms with van der Waals surface area (Å²) in [5.74, 6) is -0.388. The van der Waals surface area contributed by atoms with Gasteiger partial charge in [0.05, 0.1) is 12.9 Å². The molecule has 0 radical (unpaired) electrons. The van der Waals surface area contributed by atoms with Crippen molar-refractivity contribution in [2.24, 2.45) is 4.40 Å². The number of hydrogen-bond donors (Lipinski definition) is 0. The molecule has 0 aliphatic carbocycles. The molecule has 184 valence electrons. The van der Waals surface area contributed by atoms with Crippen LogP contribution in [0.1, 0.15) is 115 Å². The fourth-order valence-electron chi connectivity index (χ4n) is 3.80. The van der Waals surface area contributed by atoms with Gasteiger partial charge in [0.15, 0.2) is 0 Å². The van der Waals surface area contributed by atoms with Gasteiger partial charge in [-0.2, -0.15) is 4.40 Å². The average molecular weight is 467 g/mol. The normalized spacial score (nSPS) is 12.2. The summed E-state index contributed by atoms with van der Waals surface area (Å²) >= 11 is 0. The fourth-order valence-corrected chi connectivity index (χ4v) is 4.20. The van der Waals surface area contributed by atoms with Crippen molar-refractivity contribution in [3.63, 3.8) is 0 Å². The summed E-state index contributed by atoms with van der Waals surface area (Å²) in [6.07, 6.45) is 22.0. The third-order valence-corrected chi connectivity index (χ3v) is 6.12. The van der Waals surface area contributed by atoms with Gasteiger partial charge in [0.1, 0.15) is 5.75 Å². The van der Waals surface area contributed by atoms with Crippen LogP contribution in [-0.4, -0.2) is 27.2 Å². The second-order valence-electron chi connectivity index (χ2n) is 8.78. The topological polar surface area (TPSA) is 78.8 Å². The van der Waals surface area contributed by atoms with Crippen molar-refractivity contribution in [3.8, 4) is 5.75 Å². The monoisotopic (exact) mass is 466 g/mol. The van der Waals surface area contributed by atoms with Gasteiger partial charge in [-0.05, 0) is 12.5 Å². The van der Waals surface area contributed by atoms with Gasteiger partial charge < -0.3 is 9.84 Å². The van der Waals surface area contributed by atoms with Gasteiger partial charge in [-0.3, -0.25) is 0 Å². The Kier molecular flexibility index (Phi) is 16.0. The molecule has 5 nitrogen and oxygen atoms in total. The molecule has 0 unspecified atom stereocenters. The number of para-hydroxylation sites is 1. The number of benzene rings is 1. The van der Waals surface area contributed by atoms with Crippen molar-refractivity contribution in [2.75, 3.05) is 12.9 Å². The van der Waals surface area contributed by atoms with E-state index in [4.69, 9.17) is 4.74 Å². The smallest absolute Gasteiger partial charge is 0.249 e. The van der Waals surface area contributed by atoms with E-state index in [0.717, 1.165) is 19.1 Å². The third-order valence-electron chi connectivity index (χ3n) is 5.62. The van der Waals surface area contributed by atoms with Gasteiger partial charge in [0, 0.05) is 11.5 Å². The molecule has 0 saturated heterocycles.